The third kappa shape index (κ3) is 5.12. The van der Waals surface area contributed by atoms with Crippen molar-refractivity contribution in [1.82, 2.24) is 4.90 Å². The van der Waals surface area contributed by atoms with Gasteiger partial charge in [-0.3, -0.25) is 4.79 Å². The van der Waals surface area contributed by atoms with Crippen LogP contribution in [-0.4, -0.2) is 43.1 Å². The molecular weight excluding hydrogens is 472 g/mol. The van der Waals surface area contributed by atoms with Gasteiger partial charge >= 0.3 is 0 Å². The summed E-state index contributed by atoms with van der Waals surface area (Å²) in [7, 11) is -3.72. The standard InChI is InChI=1S/C24H26F4N2O3S/c25-16-1-5-19(6-2-16)34(32,33)8-7-24(31)30-17-3-4-18(30)10-15(9-17)23(29)12-14-11-21(27)22(28)13-20(14)26/h1-2,5-6,11,13,15,17-18,23H,3-4,7-10,12,29H2/t15?,17-,18?,23?/m1/s1. The van der Waals surface area contributed by atoms with Crippen molar-refractivity contribution in [3.63, 3.8) is 0 Å². The number of amides is 1. The summed E-state index contributed by atoms with van der Waals surface area (Å²) < 4.78 is 78.8. The van der Waals surface area contributed by atoms with Crippen molar-refractivity contribution in [1.29, 1.82) is 0 Å². The van der Waals surface area contributed by atoms with E-state index in [1.165, 1.54) is 12.1 Å². The lowest BCUT2D eigenvalue weighted by Crippen LogP contribution is -2.50. The molecule has 34 heavy (non-hydrogen) atoms. The number of hydrogen-bond donors (Lipinski definition) is 1. The fourth-order valence-corrected chi connectivity index (χ4v) is 6.46. The molecule has 2 aliphatic rings. The fraction of sp³-hybridized carbons (Fsp3) is 0.458. The van der Waals surface area contributed by atoms with Gasteiger partial charge in [0.05, 0.1) is 10.6 Å². The Balaban J connectivity index is 1.36. The van der Waals surface area contributed by atoms with Crippen molar-refractivity contribution in [2.45, 2.75) is 61.5 Å². The van der Waals surface area contributed by atoms with Crippen LogP contribution in [0.2, 0.25) is 0 Å². The molecule has 2 aromatic carbocycles. The van der Waals surface area contributed by atoms with Gasteiger partial charge in [0, 0.05) is 30.6 Å². The molecule has 0 aliphatic carbocycles. The first kappa shape index (κ1) is 24.7. The Bertz CT molecular complexity index is 1160. The van der Waals surface area contributed by atoms with Crippen LogP contribution in [0.1, 0.15) is 37.7 Å². The van der Waals surface area contributed by atoms with E-state index in [1.807, 2.05) is 0 Å². The Hall–Kier alpha value is -2.46. The van der Waals surface area contributed by atoms with Crippen molar-refractivity contribution in [2.75, 3.05) is 5.75 Å². The molecule has 5 nitrogen and oxygen atoms in total. The van der Waals surface area contributed by atoms with Gasteiger partial charge in [0.2, 0.25) is 5.91 Å². The molecule has 4 rings (SSSR count). The first-order chi connectivity index (χ1) is 16.0. The number of rotatable bonds is 7. The van der Waals surface area contributed by atoms with Gasteiger partial charge in [-0.15, -0.1) is 0 Å². The van der Waals surface area contributed by atoms with Crippen molar-refractivity contribution < 1.29 is 30.8 Å². The van der Waals surface area contributed by atoms with Crippen molar-refractivity contribution in [3.05, 3.63) is 65.2 Å². The number of piperidine rings is 1. The van der Waals surface area contributed by atoms with Gasteiger partial charge in [-0.2, -0.15) is 0 Å². The van der Waals surface area contributed by atoms with E-state index >= 15 is 0 Å². The van der Waals surface area contributed by atoms with E-state index in [-0.39, 0.29) is 53.0 Å². The Labute approximate surface area is 195 Å². The van der Waals surface area contributed by atoms with Gasteiger partial charge in [-0.1, -0.05) is 0 Å². The molecular formula is C24H26F4N2O3S. The number of carbonyl (C=O) groups excluding carboxylic acids is 1. The summed E-state index contributed by atoms with van der Waals surface area (Å²) >= 11 is 0. The molecule has 2 heterocycles. The van der Waals surface area contributed by atoms with E-state index < -0.39 is 39.1 Å². The smallest absolute Gasteiger partial charge is 0.224 e. The van der Waals surface area contributed by atoms with Crippen LogP contribution >= 0.6 is 0 Å². The summed E-state index contributed by atoms with van der Waals surface area (Å²) in [6.07, 6.45) is 2.58. The maximum Gasteiger partial charge on any atom is 0.224 e. The van der Waals surface area contributed by atoms with E-state index in [4.69, 9.17) is 5.73 Å². The van der Waals surface area contributed by atoms with E-state index in [1.54, 1.807) is 4.90 Å². The van der Waals surface area contributed by atoms with E-state index in [0.717, 1.165) is 31.0 Å². The van der Waals surface area contributed by atoms with Crippen molar-refractivity contribution in [3.8, 4) is 0 Å². The molecule has 2 aliphatic heterocycles. The van der Waals surface area contributed by atoms with Gasteiger partial charge in [0.25, 0.3) is 0 Å². The second kappa shape index (κ2) is 9.65. The number of carbonyl (C=O) groups is 1. The van der Waals surface area contributed by atoms with Crippen LogP contribution in [-0.2, 0) is 21.1 Å². The quantitative estimate of drug-likeness (QED) is 0.358. The average molecular weight is 499 g/mol. The van der Waals surface area contributed by atoms with E-state index in [2.05, 4.69) is 0 Å². The molecule has 0 saturated carbocycles. The largest absolute Gasteiger partial charge is 0.337 e. The van der Waals surface area contributed by atoms with E-state index in [0.29, 0.717) is 18.9 Å². The first-order valence-corrected chi connectivity index (χ1v) is 12.9. The minimum absolute atomic E-state index is 0.0169. The molecule has 0 radical (unpaired) electrons. The van der Waals surface area contributed by atoms with Crippen LogP contribution in [0.4, 0.5) is 17.6 Å². The normalized spacial score (nSPS) is 23.2. The monoisotopic (exact) mass is 498 g/mol. The molecule has 2 saturated heterocycles. The van der Waals surface area contributed by atoms with Crippen LogP contribution in [0.25, 0.3) is 0 Å². The molecule has 0 spiro atoms. The van der Waals surface area contributed by atoms with Crippen LogP contribution < -0.4 is 5.73 Å². The highest BCUT2D eigenvalue weighted by Crippen LogP contribution is 2.40. The van der Waals surface area contributed by atoms with Crippen molar-refractivity contribution >= 4 is 15.7 Å². The second-order valence-corrected chi connectivity index (χ2v) is 11.3. The predicted molar refractivity (Wildman–Crippen MR) is 117 cm³/mol. The summed E-state index contributed by atoms with van der Waals surface area (Å²) in [4.78, 5) is 14.6. The Morgan fingerprint density at radius 1 is 0.971 bits per heavy atom. The number of halogens is 4. The first-order valence-electron chi connectivity index (χ1n) is 11.2. The SMILES string of the molecule is NC(Cc1cc(F)c(F)cc1F)C1CC2CC[C@H](C1)N2C(=O)CCS(=O)(=O)c1ccc(F)cc1. The molecule has 2 N–H and O–H groups in total. The minimum atomic E-state index is -3.72. The lowest BCUT2D eigenvalue weighted by Gasteiger charge is -2.41. The molecule has 10 heteroatoms. The topological polar surface area (TPSA) is 80.5 Å². The summed E-state index contributed by atoms with van der Waals surface area (Å²) in [5, 5.41) is 0. The summed E-state index contributed by atoms with van der Waals surface area (Å²) in [5.74, 6) is -4.41. The van der Waals surface area contributed by atoms with Crippen LogP contribution in [0.5, 0.6) is 0 Å². The molecule has 2 fully saturated rings. The molecule has 1 amide bonds. The van der Waals surface area contributed by atoms with Gasteiger partial charge in [0.1, 0.15) is 11.6 Å². The average Bonchev–Trinajstić information content (AvgIpc) is 3.05. The van der Waals surface area contributed by atoms with Crippen LogP contribution in [0.3, 0.4) is 0 Å². The highest BCUT2D eigenvalue weighted by Gasteiger charge is 2.44. The Morgan fingerprint density at radius 2 is 1.56 bits per heavy atom. The maximum absolute atomic E-state index is 14.0. The highest BCUT2D eigenvalue weighted by atomic mass is 32.2. The van der Waals surface area contributed by atoms with Crippen LogP contribution in [0.15, 0.2) is 41.3 Å². The lowest BCUT2D eigenvalue weighted by molar-refractivity contribution is -0.136. The second-order valence-electron chi connectivity index (χ2n) is 9.17. The minimum Gasteiger partial charge on any atom is -0.337 e. The maximum atomic E-state index is 14.0. The number of nitrogens with zero attached hydrogens (tertiary/aromatic N) is 1. The Morgan fingerprint density at radius 3 is 2.18 bits per heavy atom. The van der Waals surface area contributed by atoms with Gasteiger partial charge in [0.15, 0.2) is 21.5 Å². The summed E-state index contributed by atoms with van der Waals surface area (Å²) in [6, 6.07) is 5.17. The molecule has 2 aromatic rings. The third-order valence-electron chi connectivity index (χ3n) is 6.97. The molecule has 184 valence electrons. The van der Waals surface area contributed by atoms with Crippen molar-refractivity contribution in [2.24, 2.45) is 11.7 Å². The Kier molecular flexibility index (Phi) is 7.00. The highest BCUT2D eigenvalue weighted by molar-refractivity contribution is 7.91. The number of hydrogen-bond acceptors (Lipinski definition) is 4. The number of fused-ring (bicyclic) bond motifs is 2. The third-order valence-corrected chi connectivity index (χ3v) is 8.70. The lowest BCUT2D eigenvalue weighted by atomic mass is 9.82. The van der Waals surface area contributed by atoms with Gasteiger partial charge in [-0.25, -0.2) is 26.0 Å². The molecule has 2 bridgehead atoms. The predicted octanol–water partition coefficient (Wildman–Crippen LogP) is 3.75. The summed E-state index contributed by atoms with van der Waals surface area (Å²) in [6.45, 7) is 0. The van der Waals surface area contributed by atoms with E-state index in [9.17, 15) is 30.8 Å². The molecule has 3 unspecified atom stereocenters. The zero-order valence-electron chi connectivity index (χ0n) is 18.4. The molecule has 4 atom stereocenters. The number of nitrogens with two attached hydrogens (primary N) is 1. The van der Waals surface area contributed by atoms with Crippen LogP contribution in [0, 0.1) is 29.2 Å². The van der Waals surface area contributed by atoms with Gasteiger partial charge < -0.3 is 10.6 Å². The molecule has 0 aromatic heterocycles. The zero-order chi connectivity index (χ0) is 24.6. The van der Waals surface area contributed by atoms with Gasteiger partial charge in [-0.05, 0) is 73.9 Å². The fourth-order valence-electron chi connectivity index (χ4n) is 5.23. The number of sulfone groups is 1. The zero-order valence-corrected chi connectivity index (χ0v) is 19.2. The number of benzene rings is 2. The summed E-state index contributed by atoms with van der Waals surface area (Å²) in [5.41, 5.74) is 6.33.